The SMILES string of the molecule is Cc1cc2n(n1)CCC(=O)N2[C@H](C)C(=O)NCCN1CCN(c2cc(Cl)ccc2C)CC1. The van der Waals surface area contributed by atoms with Gasteiger partial charge >= 0.3 is 0 Å². The third kappa shape index (κ3) is 4.76. The Morgan fingerprint density at radius 2 is 1.91 bits per heavy atom. The first-order valence-corrected chi connectivity index (χ1v) is 11.6. The lowest BCUT2D eigenvalue weighted by molar-refractivity contribution is -0.126. The van der Waals surface area contributed by atoms with Crippen LogP contribution in [0.3, 0.4) is 0 Å². The number of carbonyl (C=O) groups excluding carboxylic acids is 2. The molecule has 2 aliphatic heterocycles. The van der Waals surface area contributed by atoms with Crippen LogP contribution in [0.15, 0.2) is 24.3 Å². The molecule has 2 amide bonds. The van der Waals surface area contributed by atoms with Crippen molar-refractivity contribution >= 4 is 34.9 Å². The minimum atomic E-state index is -0.569. The van der Waals surface area contributed by atoms with Gasteiger partial charge in [-0.3, -0.25) is 19.4 Å². The maximum absolute atomic E-state index is 12.8. The number of carbonyl (C=O) groups is 2. The highest BCUT2D eigenvalue weighted by molar-refractivity contribution is 6.30. The van der Waals surface area contributed by atoms with Crippen molar-refractivity contribution in [2.24, 2.45) is 0 Å². The van der Waals surface area contributed by atoms with Crippen molar-refractivity contribution in [3.63, 3.8) is 0 Å². The predicted molar refractivity (Wildman–Crippen MR) is 126 cm³/mol. The monoisotopic (exact) mass is 458 g/mol. The summed E-state index contributed by atoms with van der Waals surface area (Å²) in [7, 11) is 0. The van der Waals surface area contributed by atoms with E-state index < -0.39 is 6.04 Å². The Kier molecular flexibility index (Phi) is 6.71. The normalized spacial score (nSPS) is 17.9. The zero-order chi connectivity index (χ0) is 22.8. The highest BCUT2D eigenvalue weighted by Gasteiger charge is 2.33. The Morgan fingerprint density at radius 1 is 1.16 bits per heavy atom. The topological polar surface area (TPSA) is 73.7 Å². The van der Waals surface area contributed by atoms with Crippen LogP contribution in [0.4, 0.5) is 11.5 Å². The Hall–Kier alpha value is -2.58. The summed E-state index contributed by atoms with van der Waals surface area (Å²) in [6, 6.07) is 7.31. The van der Waals surface area contributed by atoms with E-state index >= 15 is 0 Å². The molecule has 0 aliphatic carbocycles. The van der Waals surface area contributed by atoms with Crippen LogP contribution >= 0.6 is 11.6 Å². The van der Waals surface area contributed by atoms with E-state index in [1.807, 2.05) is 29.8 Å². The molecule has 0 unspecified atom stereocenters. The fourth-order valence-electron chi connectivity index (χ4n) is 4.49. The molecule has 0 saturated carbocycles. The first-order valence-electron chi connectivity index (χ1n) is 11.2. The molecule has 1 saturated heterocycles. The molecule has 3 heterocycles. The summed E-state index contributed by atoms with van der Waals surface area (Å²) in [6.45, 7) is 11.4. The van der Waals surface area contributed by atoms with E-state index in [4.69, 9.17) is 11.6 Å². The summed E-state index contributed by atoms with van der Waals surface area (Å²) >= 11 is 6.18. The van der Waals surface area contributed by atoms with E-state index in [0.29, 0.717) is 25.3 Å². The number of rotatable bonds is 6. The number of amides is 2. The molecule has 0 bridgehead atoms. The highest BCUT2D eigenvalue weighted by atomic mass is 35.5. The van der Waals surface area contributed by atoms with Gasteiger partial charge in [-0.25, -0.2) is 4.68 Å². The van der Waals surface area contributed by atoms with Gasteiger partial charge in [0.2, 0.25) is 11.8 Å². The second-order valence-electron chi connectivity index (χ2n) is 8.61. The molecule has 1 aromatic heterocycles. The molecular formula is C23H31ClN6O2. The third-order valence-electron chi connectivity index (χ3n) is 6.31. The molecule has 8 nitrogen and oxygen atoms in total. The third-order valence-corrected chi connectivity index (χ3v) is 6.55. The van der Waals surface area contributed by atoms with E-state index in [1.54, 1.807) is 11.8 Å². The van der Waals surface area contributed by atoms with Crippen molar-refractivity contribution in [2.75, 3.05) is 49.1 Å². The number of hydrogen-bond donors (Lipinski definition) is 1. The molecule has 1 atom stereocenters. The zero-order valence-corrected chi connectivity index (χ0v) is 19.7. The molecule has 1 aromatic carbocycles. The standard InChI is InChI=1S/C23H31ClN6O2/c1-16-4-5-19(24)15-20(16)28-12-10-27(11-13-28)9-7-25-23(32)18(3)30-21-14-17(2)26-29(21)8-6-22(30)31/h4-5,14-15,18H,6-13H2,1-3H3,(H,25,32)/t18-/m1/s1. The van der Waals surface area contributed by atoms with Crippen molar-refractivity contribution in [3.05, 3.63) is 40.5 Å². The minimum absolute atomic E-state index is 0.0347. The van der Waals surface area contributed by atoms with E-state index in [-0.39, 0.29) is 11.8 Å². The van der Waals surface area contributed by atoms with Crippen LogP contribution in [0.25, 0.3) is 0 Å². The maximum Gasteiger partial charge on any atom is 0.243 e. The Labute approximate surface area is 194 Å². The summed E-state index contributed by atoms with van der Waals surface area (Å²) in [4.78, 5) is 31.6. The van der Waals surface area contributed by atoms with Gasteiger partial charge in [-0.05, 0) is 38.5 Å². The number of hydrogen-bond acceptors (Lipinski definition) is 5. The molecule has 172 valence electrons. The van der Waals surface area contributed by atoms with Gasteiger partial charge in [-0.1, -0.05) is 17.7 Å². The van der Waals surface area contributed by atoms with Crippen molar-refractivity contribution in [2.45, 2.75) is 39.8 Å². The highest BCUT2D eigenvalue weighted by Crippen LogP contribution is 2.26. The lowest BCUT2D eigenvalue weighted by Gasteiger charge is -2.37. The smallest absolute Gasteiger partial charge is 0.243 e. The first kappa shape index (κ1) is 22.6. The summed E-state index contributed by atoms with van der Waals surface area (Å²) in [5, 5.41) is 8.18. The first-order chi connectivity index (χ1) is 15.3. The van der Waals surface area contributed by atoms with E-state index in [9.17, 15) is 9.59 Å². The molecule has 1 N–H and O–H groups in total. The number of fused-ring (bicyclic) bond motifs is 1. The fraction of sp³-hybridized carbons (Fsp3) is 0.522. The number of nitrogens with one attached hydrogen (secondary N) is 1. The van der Waals surface area contributed by atoms with Crippen LogP contribution < -0.4 is 15.1 Å². The molecule has 2 aliphatic rings. The van der Waals surface area contributed by atoms with Crippen LogP contribution in [-0.2, 0) is 16.1 Å². The Morgan fingerprint density at radius 3 is 2.66 bits per heavy atom. The minimum Gasteiger partial charge on any atom is -0.369 e. The van der Waals surface area contributed by atoms with Crippen molar-refractivity contribution in [1.29, 1.82) is 0 Å². The van der Waals surface area contributed by atoms with Crippen LogP contribution in [0.5, 0.6) is 0 Å². The lowest BCUT2D eigenvalue weighted by Crippen LogP contribution is -2.52. The van der Waals surface area contributed by atoms with Crippen LogP contribution in [0.2, 0.25) is 5.02 Å². The van der Waals surface area contributed by atoms with Gasteiger partial charge in [-0.15, -0.1) is 0 Å². The van der Waals surface area contributed by atoms with Crippen molar-refractivity contribution in [1.82, 2.24) is 20.0 Å². The summed E-state index contributed by atoms with van der Waals surface area (Å²) < 4.78 is 1.81. The maximum atomic E-state index is 12.8. The van der Waals surface area contributed by atoms with Crippen molar-refractivity contribution < 1.29 is 9.59 Å². The van der Waals surface area contributed by atoms with Gasteiger partial charge in [0.05, 0.1) is 12.2 Å². The number of aryl methyl sites for hydroxylation is 3. The number of piperazine rings is 1. The Bertz CT molecular complexity index is 998. The number of aromatic nitrogens is 2. The van der Waals surface area contributed by atoms with E-state index in [1.165, 1.54) is 11.3 Å². The second-order valence-corrected chi connectivity index (χ2v) is 9.04. The van der Waals surface area contributed by atoms with Gasteiger partial charge in [0.25, 0.3) is 0 Å². The number of benzene rings is 1. The van der Waals surface area contributed by atoms with Crippen molar-refractivity contribution in [3.8, 4) is 0 Å². The lowest BCUT2D eigenvalue weighted by atomic mass is 10.1. The molecule has 1 fully saturated rings. The Balaban J connectivity index is 1.26. The molecular weight excluding hydrogens is 428 g/mol. The molecule has 4 rings (SSSR count). The molecule has 2 aromatic rings. The zero-order valence-electron chi connectivity index (χ0n) is 19.0. The van der Waals surface area contributed by atoms with Gasteiger partial charge in [-0.2, -0.15) is 5.10 Å². The molecule has 32 heavy (non-hydrogen) atoms. The largest absolute Gasteiger partial charge is 0.369 e. The van der Waals surface area contributed by atoms with Crippen LogP contribution in [-0.4, -0.2) is 71.8 Å². The average molecular weight is 459 g/mol. The quantitative estimate of drug-likeness (QED) is 0.718. The number of anilines is 2. The van der Waals surface area contributed by atoms with Gasteiger partial charge in [0.15, 0.2) is 0 Å². The predicted octanol–water partition coefficient (Wildman–Crippen LogP) is 2.22. The van der Waals surface area contributed by atoms with Gasteiger partial charge in [0.1, 0.15) is 11.9 Å². The average Bonchev–Trinajstić information content (AvgIpc) is 3.15. The van der Waals surface area contributed by atoms with Gasteiger partial charge in [0, 0.05) is 62.5 Å². The molecule has 0 spiro atoms. The summed E-state index contributed by atoms with van der Waals surface area (Å²) in [5.41, 5.74) is 3.27. The number of halogens is 1. The second kappa shape index (κ2) is 9.50. The van der Waals surface area contributed by atoms with E-state index in [2.05, 4.69) is 33.2 Å². The fourth-order valence-corrected chi connectivity index (χ4v) is 4.66. The molecule has 9 heteroatoms. The van der Waals surface area contributed by atoms with E-state index in [0.717, 1.165) is 43.4 Å². The van der Waals surface area contributed by atoms with Crippen LogP contribution in [0, 0.1) is 13.8 Å². The van der Waals surface area contributed by atoms with Gasteiger partial charge < -0.3 is 10.2 Å². The van der Waals surface area contributed by atoms with Crippen LogP contribution in [0.1, 0.15) is 24.6 Å². The summed E-state index contributed by atoms with van der Waals surface area (Å²) in [6.07, 6.45) is 0.363. The molecule has 0 radical (unpaired) electrons. The summed E-state index contributed by atoms with van der Waals surface area (Å²) in [5.74, 6) is 0.528. The number of nitrogens with zero attached hydrogens (tertiary/aromatic N) is 5.